The quantitative estimate of drug-likeness (QED) is 0.671. The molecule has 124 valence electrons. The molecule has 0 aliphatic heterocycles. The smallest absolute Gasteiger partial charge is 0.246 e. The van der Waals surface area contributed by atoms with Crippen molar-refractivity contribution in [3.05, 3.63) is 60.3 Å². The van der Waals surface area contributed by atoms with E-state index in [1.165, 1.54) is 6.33 Å². The average Bonchev–Trinajstić information content (AvgIpc) is 3.26. The standard InChI is InChI=1S/C16H18N6O2/c23-15(7-4-8-22-12-17-11-19-22)18-10-16-20-14(21-24-16)9-13-5-2-1-3-6-13/h1-3,5-6,11-12H,4,7-10H2,(H,18,23). The lowest BCUT2D eigenvalue weighted by Crippen LogP contribution is -2.23. The zero-order chi connectivity index (χ0) is 16.6. The Balaban J connectivity index is 1.39. The summed E-state index contributed by atoms with van der Waals surface area (Å²) in [7, 11) is 0. The molecule has 24 heavy (non-hydrogen) atoms. The van der Waals surface area contributed by atoms with Crippen molar-refractivity contribution in [1.29, 1.82) is 0 Å². The van der Waals surface area contributed by atoms with Gasteiger partial charge < -0.3 is 9.84 Å². The summed E-state index contributed by atoms with van der Waals surface area (Å²) in [6.07, 6.45) is 4.81. The molecule has 0 spiro atoms. The van der Waals surface area contributed by atoms with Gasteiger partial charge in [-0.2, -0.15) is 10.1 Å². The van der Waals surface area contributed by atoms with Crippen molar-refractivity contribution in [2.24, 2.45) is 0 Å². The molecule has 8 nitrogen and oxygen atoms in total. The van der Waals surface area contributed by atoms with Crippen LogP contribution in [0.2, 0.25) is 0 Å². The fourth-order valence-electron chi connectivity index (χ4n) is 2.22. The number of carbonyl (C=O) groups excluding carboxylic acids is 1. The van der Waals surface area contributed by atoms with Crippen LogP contribution in [0.5, 0.6) is 0 Å². The maximum Gasteiger partial charge on any atom is 0.246 e. The van der Waals surface area contributed by atoms with Crippen molar-refractivity contribution in [1.82, 2.24) is 30.2 Å². The van der Waals surface area contributed by atoms with Crippen LogP contribution in [-0.2, 0) is 24.3 Å². The van der Waals surface area contributed by atoms with Crippen LogP contribution in [0.3, 0.4) is 0 Å². The Morgan fingerprint density at radius 3 is 2.92 bits per heavy atom. The van der Waals surface area contributed by atoms with Gasteiger partial charge >= 0.3 is 0 Å². The summed E-state index contributed by atoms with van der Waals surface area (Å²) >= 11 is 0. The van der Waals surface area contributed by atoms with Crippen molar-refractivity contribution in [2.45, 2.75) is 32.4 Å². The second-order valence-electron chi connectivity index (χ2n) is 5.31. The largest absolute Gasteiger partial charge is 0.347 e. The molecule has 0 bridgehead atoms. The Labute approximate surface area is 138 Å². The lowest BCUT2D eigenvalue weighted by Gasteiger charge is -2.02. The topological polar surface area (TPSA) is 98.7 Å². The molecule has 2 aromatic heterocycles. The number of amides is 1. The highest BCUT2D eigenvalue weighted by Crippen LogP contribution is 2.06. The van der Waals surface area contributed by atoms with Crippen molar-refractivity contribution in [3.8, 4) is 0 Å². The monoisotopic (exact) mass is 326 g/mol. The first-order valence-corrected chi connectivity index (χ1v) is 7.74. The SMILES string of the molecule is O=C(CCCn1cncn1)NCc1nc(Cc2ccccc2)no1. The summed E-state index contributed by atoms with van der Waals surface area (Å²) < 4.78 is 6.85. The molecule has 0 aliphatic carbocycles. The highest BCUT2D eigenvalue weighted by atomic mass is 16.5. The van der Waals surface area contributed by atoms with Crippen LogP contribution in [0.1, 0.15) is 30.1 Å². The van der Waals surface area contributed by atoms with Crippen LogP contribution in [0, 0.1) is 0 Å². The Bertz CT molecular complexity index is 754. The van der Waals surface area contributed by atoms with E-state index in [0.717, 1.165) is 5.56 Å². The number of carbonyl (C=O) groups is 1. The average molecular weight is 326 g/mol. The Morgan fingerprint density at radius 1 is 1.25 bits per heavy atom. The van der Waals surface area contributed by atoms with Gasteiger partial charge in [0.1, 0.15) is 12.7 Å². The van der Waals surface area contributed by atoms with Gasteiger partial charge in [-0.25, -0.2) is 4.98 Å². The third-order valence-electron chi connectivity index (χ3n) is 3.41. The Hall–Kier alpha value is -3.03. The second kappa shape index (κ2) is 8.00. The number of rotatable bonds is 8. The van der Waals surface area contributed by atoms with Gasteiger partial charge in [0.15, 0.2) is 5.82 Å². The van der Waals surface area contributed by atoms with Gasteiger partial charge in [0.25, 0.3) is 0 Å². The van der Waals surface area contributed by atoms with Crippen molar-refractivity contribution in [3.63, 3.8) is 0 Å². The van der Waals surface area contributed by atoms with E-state index in [4.69, 9.17) is 4.52 Å². The minimum atomic E-state index is -0.0575. The molecule has 0 radical (unpaired) electrons. The third-order valence-corrected chi connectivity index (χ3v) is 3.41. The number of hydrogen-bond acceptors (Lipinski definition) is 6. The lowest BCUT2D eigenvalue weighted by molar-refractivity contribution is -0.121. The summed E-state index contributed by atoms with van der Waals surface area (Å²) in [5, 5.41) is 10.7. The molecule has 0 aliphatic rings. The Kier molecular flexibility index (Phi) is 5.28. The number of nitrogens with zero attached hydrogens (tertiary/aromatic N) is 5. The van der Waals surface area contributed by atoms with E-state index in [0.29, 0.717) is 37.5 Å². The number of benzene rings is 1. The highest BCUT2D eigenvalue weighted by molar-refractivity contribution is 5.75. The number of aromatic nitrogens is 5. The van der Waals surface area contributed by atoms with Crippen LogP contribution in [0.4, 0.5) is 0 Å². The highest BCUT2D eigenvalue weighted by Gasteiger charge is 2.09. The fourth-order valence-corrected chi connectivity index (χ4v) is 2.22. The summed E-state index contributed by atoms with van der Waals surface area (Å²) in [5.74, 6) is 0.958. The molecule has 0 unspecified atom stereocenters. The molecule has 0 atom stereocenters. The van der Waals surface area contributed by atoms with Crippen LogP contribution in [0.25, 0.3) is 0 Å². The van der Waals surface area contributed by atoms with Crippen LogP contribution in [-0.4, -0.2) is 30.8 Å². The third kappa shape index (κ3) is 4.73. The van der Waals surface area contributed by atoms with E-state index in [1.807, 2.05) is 30.3 Å². The molecular weight excluding hydrogens is 308 g/mol. The summed E-state index contributed by atoms with van der Waals surface area (Å²) in [4.78, 5) is 19.9. The minimum absolute atomic E-state index is 0.0575. The molecule has 0 saturated carbocycles. The van der Waals surface area contributed by atoms with Crippen LogP contribution < -0.4 is 5.32 Å². The summed E-state index contributed by atoms with van der Waals surface area (Å²) in [6, 6.07) is 9.91. The van der Waals surface area contributed by atoms with Gasteiger partial charge in [-0.3, -0.25) is 9.48 Å². The van der Waals surface area contributed by atoms with Gasteiger partial charge in [-0.05, 0) is 12.0 Å². The van der Waals surface area contributed by atoms with Gasteiger partial charge in [0.2, 0.25) is 11.8 Å². The van der Waals surface area contributed by atoms with Gasteiger partial charge in [-0.1, -0.05) is 35.5 Å². The van der Waals surface area contributed by atoms with Crippen molar-refractivity contribution >= 4 is 5.91 Å². The predicted molar refractivity (Wildman–Crippen MR) is 84.6 cm³/mol. The van der Waals surface area contributed by atoms with Crippen LogP contribution >= 0.6 is 0 Å². The first-order valence-electron chi connectivity index (χ1n) is 7.74. The van der Waals surface area contributed by atoms with E-state index in [2.05, 4.69) is 25.5 Å². The van der Waals surface area contributed by atoms with Crippen LogP contribution in [0.15, 0.2) is 47.5 Å². The minimum Gasteiger partial charge on any atom is -0.347 e. The van der Waals surface area contributed by atoms with E-state index >= 15 is 0 Å². The first kappa shape index (κ1) is 15.9. The molecule has 8 heteroatoms. The number of hydrogen-bond donors (Lipinski definition) is 1. The zero-order valence-corrected chi connectivity index (χ0v) is 13.1. The molecule has 1 amide bonds. The molecule has 1 aromatic carbocycles. The molecule has 0 saturated heterocycles. The first-order chi connectivity index (χ1) is 11.8. The van der Waals surface area contributed by atoms with E-state index in [1.54, 1.807) is 11.0 Å². The van der Waals surface area contributed by atoms with Gasteiger partial charge in [0, 0.05) is 19.4 Å². The van der Waals surface area contributed by atoms with Crippen molar-refractivity contribution in [2.75, 3.05) is 0 Å². The van der Waals surface area contributed by atoms with Crippen molar-refractivity contribution < 1.29 is 9.32 Å². The molecule has 2 heterocycles. The normalized spacial score (nSPS) is 10.7. The van der Waals surface area contributed by atoms with E-state index in [9.17, 15) is 4.79 Å². The number of nitrogens with one attached hydrogen (secondary N) is 1. The van der Waals surface area contributed by atoms with Gasteiger partial charge in [-0.15, -0.1) is 0 Å². The molecular formula is C16H18N6O2. The summed E-state index contributed by atoms with van der Waals surface area (Å²) in [6.45, 7) is 0.902. The second-order valence-corrected chi connectivity index (χ2v) is 5.31. The summed E-state index contributed by atoms with van der Waals surface area (Å²) in [5.41, 5.74) is 1.11. The molecule has 3 rings (SSSR count). The van der Waals surface area contributed by atoms with E-state index < -0.39 is 0 Å². The number of aryl methyl sites for hydroxylation is 1. The van der Waals surface area contributed by atoms with Gasteiger partial charge in [0.05, 0.1) is 6.54 Å². The zero-order valence-electron chi connectivity index (χ0n) is 13.1. The Morgan fingerprint density at radius 2 is 2.12 bits per heavy atom. The lowest BCUT2D eigenvalue weighted by atomic mass is 10.1. The van der Waals surface area contributed by atoms with E-state index in [-0.39, 0.29) is 12.5 Å². The molecule has 3 aromatic rings. The molecule has 0 fully saturated rings. The maximum absolute atomic E-state index is 11.8. The predicted octanol–water partition coefficient (Wildman–Crippen LogP) is 1.35. The molecule has 1 N–H and O–H groups in total. The maximum atomic E-state index is 11.8. The fraction of sp³-hybridized carbons (Fsp3) is 0.312.